The van der Waals surface area contributed by atoms with Gasteiger partial charge in [-0.25, -0.2) is 0 Å². The Morgan fingerprint density at radius 2 is 1.71 bits per heavy atom. The number of likely N-dealkylation sites (tertiary alicyclic amines) is 1. The van der Waals surface area contributed by atoms with Gasteiger partial charge in [-0.2, -0.15) is 0 Å². The molecule has 3 heterocycles. The number of benzene rings is 3. The molecule has 210 valence electrons. The maximum atomic E-state index is 7.29. The lowest BCUT2D eigenvalue weighted by molar-refractivity contribution is -0.337. The van der Waals surface area contributed by atoms with E-state index in [0.717, 1.165) is 49.3 Å². The van der Waals surface area contributed by atoms with Crippen molar-refractivity contribution in [2.24, 2.45) is 11.3 Å². The summed E-state index contributed by atoms with van der Waals surface area (Å²) < 4.78 is 27.3. The lowest BCUT2D eigenvalue weighted by Crippen LogP contribution is -2.82. The molecule has 3 spiro atoms. The Bertz CT molecular complexity index is 1560. The average molecular weight is 548 g/mol. The van der Waals surface area contributed by atoms with Crippen molar-refractivity contribution < 1.29 is 18.9 Å². The lowest BCUT2D eigenvalue weighted by Gasteiger charge is -2.73. The third kappa shape index (κ3) is 2.97. The molecule has 0 N–H and O–H groups in total. The normalized spacial score (nSPS) is 39.1. The van der Waals surface area contributed by atoms with Crippen LogP contribution < -0.4 is 9.47 Å². The van der Waals surface area contributed by atoms with E-state index in [0.29, 0.717) is 12.6 Å². The summed E-state index contributed by atoms with van der Waals surface area (Å²) in [6.07, 6.45) is 8.84. The van der Waals surface area contributed by atoms with Crippen LogP contribution in [-0.4, -0.2) is 48.6 Å². The van der Waals surface area contributed by atoms with Crippen molar-refractivity contribution in [3.8, 4) is 11.5 Å². The van der Waals surface area contributed by atoms with E-state index >= 15 is 0 Å². The maximum absolute atomic E-state index is 7.29. The minimum absolute atomic E-state index is 0.0462. The molecule has 4 aliphatic carbocycles. The molecule has 3 aliphatic heterocycles. The van der Waals surface area contributed by atoms with Crippen LogP contribution in [0.4, 0.5) is 0 Å². The van der Waals surface area contributed by atoms with Crippen molar-refractivity contribution >= 4 is 0 Å². The van der Waals surface area contributed by atoms with E-state index < -0.39 is 5.60 Å². The molecule has 4 bridgehead atoms. The monoisotopic (exact) mass is 547 g/mol. The fourth-order valence-electron chi connectivity index (χ4n) is 10.0. The molecular weight excluding hydrogens is 510 g/mol. The topological polar surface area (TPSA) is 40.2 Å². The van der Waals surface area contributed by atoms with Crippen LogP contribution in [0.15, 0.2) is 84.9 Å². The summed E-state index contributed by atoms with van der Waals surface area (Å²) >= 11 is 0. The summed E-state index contributed by atoms with van der Waals surface area (Å²) in [7, 11) is 2.32. The van der Waals surface area contributed by atoms with Gasteiger partial charge >= 0.3 is 0 Å². The number of hydrogen-bond acceptors (Lipinski definition) is 5. The lowest BCUT2D eigenvalue weighted by atomic mass is 9.36. The predicted molar refractivity (Wildman–Crippen MR) is 156 cm³/mol. The quantitative estimate of drug-likeness (QED) is 0.375. The summed E-state index contributed by atoms with van der Waals surface area (Å²) in [6.45, 7) is 4.18. The number of ether oxygens (including phenoxy) is 4. The van der Waals surface area contributed by atoms with Gasteiger partial charge < -0.3 is 23.8 Å². The van der Waals surface area contributed by atoms with Crippen LogP contribution in [0.25, 0.3) is 0 Å². The van der Waals surface area contributed by atoms with E-state index in [1.807, 2.05) is 6.07 Å². The summed E-state index contributed by atoms with van der Waals surface area (Å²) in [5, 5.41) is 0. The number of piperidine rings is 1. The first-order valence-electron chi connectivity index (χ1n) is 15.2. The van der Waals surface area contributed by atoms with Crippen molar-refractivity contribution in [2.45, 2.75) is 68.0 Å². The minimum atomic E-state index is -0.547. The van der Waals surface area contributed by atoms with Crippen molar-refractivity contribution in [2.75, 3.05) is 20.4 Å². The van der Waals surface area contributed by atoms with Crippen LogP contribution in [0.2, 0.25) is 0 Å². The SMILES string of the molecule is CN1CC[C@]23c4c5ccc(OCc6ccccc6)c4O[C@H]2[C@@]24C=C[C@@]3(C[C@@H]2[C@](C)(Cc2ccccc2)OCO4)[C@H]1C5. The Morgan fingerprint density at radius 1 is 0.927 bits per heavy atom. The van der Waals surface area contributed by atoms with E-state index in [1.165, 1.54) is 16.7 Å². The zero-order valence-electron chi connectivity index (χ0n) is 23.8. The van der Waals surface area contributed by atoms with Crippen LogP contribution in [-0.2, 0) is 34.3 Å². The number of likely N-dealkylation sites (N-methyl/N-ethyl adjacent to an activating group) is 1. The Morgan fingerprint density at radius 3 is 2.51 bits per heavy atom. The van der Waals surface area contributed by atoms with Crippen molar-refractivity contribution in [1.82, 2.24) is 4.90 Å². The summed E-state index contributed by atoms with van der Waals surface area (Å²) in [5.74, 6) is 1.99. The second-order valence-electron chi connectivity index (χ2n) is 13.5. The zero-order valence-corrected chi connectivity index (χ0v) is 23.8. The van der Waals surface area contributed by atoms with Crippen LogP contribution in [0.5, 0.6) is 11.5 Å². The fraction of sp³-hybridized carbons (Fsp3) is 0.444. The molecule has 10 rings (SSSR count). The minimum Gasteiger partial charge on any atom is -0.485 e. The first kappa shape index (κ1) is 24.5. The van der Waals surface area contributed by atoms with Crippen molar-refractivity contribution in [3.63, 3.8) is 0 Å². The van der Waals surface area contributed by atoms with Gasteiger partial charge in [0.15, 0.2) is 11.5 Å². The highest BCUT2D eigenvalue weighted by atomic mass is 16.7. The molecule has 7 aliphatic rings. The second-order valence-corrected chi connectivity index (χ2v) is 13.5. The molecule has 0 radical (unpaired) electrons. The van der Waals surface area contributed by atoms with E-state index in [2.05, 4.69) is 97.8 Å². The Balaban J connectivity index is 1.19. The molecule has 3 aromatic rings. The third-order valence-electron chi connectivity index (χ3n) is 11.8. The maximum Gasteiger partial charge on any atom is 0.166 e. The largest absolute Gasteiger partial charge is 0.485 e. The van der Waals surface area contributed by atoms with Gasteiger partial charge in [0.05, 0.1) is 11.0 Å². The molecule has 1 saturated carbocycles. The molecular formula is C36H37NO4. The average Bonchev–Trinajstić information content (AvgIpc) is 3.37. The third-order valence-corrected chi connectivity index (χ3v) is 11.8. The predicted octanol–water partition coefficient (Wildman–Crippen LogP) is 5.85. The van der Waals surface area contributed by atoms with Crippen molar-refractivity contribution in [1.29, 1.82) is 0 Å². The van der Waals surface area contributed by atoms with E-state index in [4.69, 9.17) is 18.9 Å². The van der Waals surface area contributed by atoms with E-state index in [1.54, 1.807) is 0 Å². The first-order chi connectivity index (χ1) is 20.0. The highest BCUT2D eigenvalue weighted by Gasteiger charge is 2.81. The molecule has 0 aromatic heterocycles. The molecule has 7 atom stereocenters. The van der Waals surface area contributed by atoms with Crippen LogP contribution in [0.3, 0.4) is 0 Å². The zero-order chi connectivity index (χ0) is 27.5. The highest BCUT2D eigenvalue weighted by molar-refractivity contribution is 5.65. The number of rotatable bonds is 5. The Labute approximate surface area is 242 Å². The van der Waals surface area contributed by atoms with Gasteiger partial charge in [0.25, 0.3) is 0 Å². The molecule has 3 fully saturated rings. The smallest absolute Gasteiger partial charge is 0.166 e. The van der Waals surface area contributed by atoms with Crippen LogP contribution in [0.1, 0.15) is 42.0 Å². The van der Waals surface area contributed by atoms with Crippen LogP contribution >= 0.6 is 0 Å². The van der Waals surface area contributed by atoms with Gasteiger partial charge in [-0.05, 0) is 62.5 Å². The van der Waals surface area contributed by atoms with Gasteiger partial charge in [-0.15, -0.1) is 0 Å². The number of hydrogen-bond donors (Lipinski definition) is 0. The van der Waals surface area contributed by atoms with Gasteiger partial charge in [0, 0.05) is 29.4 Å². The van der Waals surface area contributed by atoms with Crippen molar-refractivity contribution in [3.05, 3.63) is 107 Å². The second kappa shape index (κ2) is 8.25. The van der Waals surface area contributed by atoms with E-state index in [9.17, 15) is 0 Å². The van der Waals surface area contributed by atoms with Crippen LogP contribution in [0, 0.1) is 11.3 Å². The van der Waals surface area contributed by atoms with Gasteiger partial charge in [0.2, 0.25) is 0 Å². The summed E-state index contributed by atoms with van der Waals surface area (Å²) in [5.41, 5.74) is 4.20. The number of nitrogens with zero attached hydrogens (tertiary/aromatic N) is 1. The molecule has 0 amide bonds. The highest BCUT2D eigenvalue weighted by Crippen LogP contribution is 2.76. The molecule has 41 heavy (non-hydrogen) atoms. The fourth-order valence-corrected chi connectivity index (χ4v) is 10.0. The van der Waals surface area contributed by atoms with Gasteiger partial charge in [0.1, 0.15) is 25.1 Å². The van der Waals surface area contributed by atoms with Gasteiger partial charge in [-0.1, -0.05) is 78.9 Å². The molecule has 5 heteroatoms. The molecule has 0 unspecified atom stereocenters. The standard InChI is InChI=1S/C36H37NO4/c1-33(20-24-9-5-3-6-10-24)28-21-34-15-16-36(28,40-23-39-33)32-35(34)17-18-37(2)29(34)19-26-13-14-27(31(41-32)30(26)35)38-22-25-11-7-4-8-12-25/h3-16,28-29,32H,17-23H2,1-2H3/t28-,29-,32-,33+,34-,35+,36-/m1/s1. The first-order valence-corrected chi connectivity index (χ1v) is 15.2. The summed E-state index contributed by atoms with van der Waals surface area (Å²) in [4.78, 5) is 2.62. The Kier molecular flexibility index (Phi) is 4.92. The van der Waals surface area contributed by atoms with E-state index in [-0.39, 0.29) is 35.2 Å². The summed E-state index contributed by atoms with van der Waals surface area (Å²) in [6, 6.07) is 26.1. The Hall–Kier alpha value is -3.12. The van der Waals surface area contributed by atoms with Gasteiger partial charge in [-0.3, -0.25) is 0 Å². The molecule has 2 saturated heterocycles. The molecule has 5 nitrogen and oxygen atoms in total. The molecule has 3 aromatic carbocycles.